The summed E-state index contributed by atoms with van der Waals surface area (Å²) < 4.78 is 18.2. The first-order valence-corrected chi connectivity index (χ1v) is 7.79. The second-order valence-electron chi connectivity index (χ2n) is 6.09. The van der Waals surface area contributed by atoms with Crippen molar-refractivity contribution in [2.45, 2.75) is 32.1 Å². The molecule has 0 aliphatic heterocycles. The molecular weight excluding hydrogens is 301 g/mol. The summed E-state index contributed by atoms with van der Waals surface area (Å²) in [7, 11) is 1.68. The largest absolute Gasteiger partial charge is 0.494 e. The predicted octanol–water partition coefficient (Wildman–Crippen LogP) is 2.70. The maximum Gasteiger partial charge on any atom is 0.310 e. The molecule has 0 heterocycles. The van der Waals surface area contributed by atoms with E-state index in [9.17, 15) is 19.1 Å². The standard InChI is InChI=1S/C17H22FNO4/c1-19(15(20)12-17(16(21)22)8-2-9-17)10-3-11-23-14-6-4-13(18)5-7-14/h4-7H,2-3,8-12H2,1H3,(H,21,22). The number of hydrogen-bond donors (Lipinski definition) is 1. The lowest BCUT2D eigenvalue weighted by Gasteiger charge is -2.38. The molecule has 126 valence electrons. The molecule has 6 heteroatoms. The van der Waals surface area contributed by atoms with Crippen molar-refractivity contribution in [1.82, 2.24) is 4.90 Å². The fourth-order valence-corrected chi connectivity index (χ4v) is 2.64. The van der Waals surface area contributed by atoms with Crippen molar-refractivity contribution in [1.29, 1.82) is 0 Å². The van der Waals surface area contributed by atoms with E-state index >= 15 is 0 Å². The van der Waals surface area contributed by atoms with Crippen LogP contribution in [0.1, 0.15) is 32.1 Å². The Hall–Kier alpha value is -2.11. The number of ether oxygens (including phenoxy) is 1. The van der Waals surface area contributed by atoms with Gasteiger partial charge in [-0.05, 0) is 43.5 Å². The van der Waals surface area contributed by atoms with Gasteiger partial charge in [0.1, 0.15) is 11.6 Å². The minimum Gasteiger partial charge on any atom is -0.494 e. The van der Waals surface area contributed by atoms with E-state index in [1.807, 2.05) is 0 Å². The lowest BCUT2D eigenvalue weighted by Crippen LogP contribution is -2.43. The number of hydrogen-bond acceptors (Lipinski definition) is 3. The molecule has 1 fully saturated rings. The Morgan fingerprint density at radius 2 is 1.96 bits per heavy atom. The van der Waals surface area contributed by atoms with Gasteiger partial charge in [-0.25, -0.2) is 4.39 Å². The van der Waals surface area contributed by atoms with Crippen LogP contribution in [0.4, 0.5) is 4.39 Å². The highest BCUT2D eigenvalue weighted by atomic mass is 19.1. The molecule has 1 amide bonds. The lowest BCUT2D eigenvalue weighted by atomic mass is 9.66. The maximum absolute atomic E-state index is 12.8. The number of amides is 1. The first-order valence-electron chi connectivity index (χ1n) is 7.79. The van der Waals surface area contributed by atoms with Crippen LogP contribution in [0.5, 0.6) is 5.75 Å². The first kappa shape index (κ1) is 17.2. The van der Waals surface area contributed by atoms with E-state index in [0.717, 1.165) is 6.42 Å². The number of carbonyl (C=O) groups excluding carboxylic acids is 1. The van der Waals surface area contributed by atoms with Crippen molar-refractivity contribution in [3.8, 4) is 5.75 Å². The Morgan fingerprint density at radius 3 is 2.48 bits per heavy atom. The Bertz CT molecular complexity index is 554. The Balaban J connectivity index is 1.69. The zero-order chi connectivity index (χ0) is 16.9. The summed E-state index contributed by atoms with van der Waals surface area (Å²) in [5.74, 6) is -0.746. The molecule has 2 rings (SSSR count). The Morgan fingerprint density at radius 1 is 1.30 bits per heavy atom. The van der Waals surface area contributed by atoms with Crippen LogP contribution in [0, 0.1) is 11.2 Å². The second kappa shape index (κ2) is 7.44. The summed E-state index contributed by atoms with van der Waals surface area (Å²) in [6.45, 7) is 0.906. The topological polar surface area (TPSA) is 66.8 Å². The van der Waals surface area contributed by atoms with Gasteiger partial charge in [0.05, 0.1) is 12.0 Å². The molecule has 0 unspecified atom stereocenters. The van der Waals surface area contributed by atoms with E-state index in [0.29, 0.717) is 38.2 Å². The first-order chi connectivity index (χ1) is 10.9. The van der Waals surface area contributed by atoms with Gasteiger partial charge >= 0.3 is 5.97 Å². The number of rotatable bonds is 8. The summed E-state index contributed by atoms with van der Waals surface area (Å²) in [6.07, 6.45) is 2.72. The number of carboxylic acids is 1. The number of aliphatic carboxylic acids is 1. The maximum atomic E-state index is 12.8. The van der Waals surface area contributed by atoms with Gasteiger partial charge in [-0.15, -0.1) is 0 Å². The summed E-state index contributed by atoms with van der Waals surface area (Å²) >= 11 is 0. The average Bonchev–Trinajstić information content (AvgIpc) is 2.48. The highest BCUT2D eigenvalue weighted by Gasteiger charge is 2.46. The molecule has 0 saturated heterocycles. The van der Waals surface area contributed by atoms with Crippen molar-refractivity contribution >= 4 is 11.9 Å². The van der Waals surface area contributed by atoms with Crippen molar-refractivity contribution in [2.24, 2.45) is 5.41 Å². The summed E-state index contributed by atoms with van der Waals surface area (Å²) in [5.41, 5.74) is -0.851. The third kappa shape index (κ3) is 4.43. The van der Waals surface area contributed by atoms with Crippen LogP contribution in [0.15, 0.2) is 24.3 Å². The van der Waals surface area contributed by atoms with Crippen molar-refractivity contribution < 1.29 is 23.8 Å². The molecule has 5 nitrogen and oxygen atoms in total. The van der Waals surface area contributed by atoms with E-state index in [4.69, 9.17) is 4.74 Å². The monoisotopic (exact) mass is 323 g/mol. The van der Waals surface area contributed by atoms with Gasteiger partial charge in [-0.3, -0.25) is 9.59 Å². The summed E-state index contributed by atoms with van der Waals surface area (Å²) in [4.78, 5) is 25.0. The van der Waals surface area contributed by atoms with Gasteiger partial charge in [0.15, 0.2) is 0 Å². The quantitative estimate of drug-likeness (QED) is 0.747. The fraction of sp³-hybridized carbons (Fsp3) is 0.529. The SMILES string of the molecule is CN(CCCOc1ccc(F)cc1)C(=O)CC1(C(=O)O)CCC1. The average molecular weight is 323 g/mol. The number of carbonyl (C=O) groups is 2. The lowest BCUT2D eigenvalue weighted by molar-refractivity contribution is -0.159. The third-order valence-corrected chi connectivity index (χ3v) is 4.40. The highest BCUT2D eigenvalue weighted by Crippen LogP contribution is 2.44. The van der Waals surface area contributed by atoms with Gasteiger partial charge in [-0.1, -0.05) is 6.42 Å². The molecule has 0 spiro atoms. The number of carboxylic acid groups (broad SMARTS) is 1. The minimum atomic E-state index is -0.870. The fourth-order valence-electron chi connectivity index (χ4n) is 2.64. The summed E-state index contributed by atoms with van der Waals surface area (Å²) in [5, 5.41) is 9.26. The molecule has 0 aromatic heterocycles. The Kier molecular flexibility index (Phi) is 5.58. The van der Waals surface area contributed by atoms with Gasteiger partial charge in [-0.2, -0.15) is 0 Å². The van der Waals surface area contributed by atoms with Gasteiger partial charge in [0, 0.05) is 20.0 Å². The molecule has 0 bridgehead atoms. The van der Waals surface area contributed by atoms with E-state index < -0.39 is 11.4 Å². The van der Waals surface area contributed by atoms with Crippen LogP contribution >= 0.6 is 0 Å². The second-order valence-corrected chi connectivity index (χ2v) is 6.09. The molecule has 0 radical (unpaired) electrons. The van der Waals surface area contributed by atoms with E-state index in [2.05, 4.69) is 0 Å². The zero-order valence-corrected chi connectivity index (χ0v) is 13.3. The third-order valence-electron chi connectivity index (χ3n) is 4.40. The molecule has 1 aromatic rings. The van der Waals surface area contributed by atoms with Crippen LogP contribution in [0.2, 0.25) is 0 Å². The molecule has 1 saturated carbocycles. The van der Waals surface area contributed by atoms with Crippen LogP contribution in [-0.4, -0.2) is 42.1 Å². The normalized spacial score (nSPS) is 15.6. The van der Waals surface area contributed by atoms with Crippen LogP contribution in [0.25, 0.3) is 0 Å². The van der Waals surface area contributed by atoms with Crippen molar-refractivity contribution in [3.05, 3.63) is 30.1 Å². The highest BCUT2D eigenvalue weighted by molar-refractivity contribution is 5.85. The molecule has 1 aliphatic rings. The minimum absolute atomic E-state index is 0.0671. The molecular formula is C17H22FNO4. The Labute approximate surface area is 135 Å². The van der Waals surface area contributed by atoms with Crippen molar-refractivity contribution in [3.63, 3.8) is 0 Å². The molecule has 23 heavy (non-hydrogen) atoms. The molecule has 1 aliphatic carbocycles. The number of benzene rings is 1. The number of halogens is 1. The van der Waals surface area contributed by atoms with Crippen molar-refractivity contribution in [2.75, 3.05) is 20.2 Å². The van der Waals surface area contributed by atoms with E-state index in [1.165, 1.54) is 12.1 Å². The summed E-state index contributed by atoms with van der Waals surface area (Å²) in [6, 6.07) is 5.76. The molecule has 1 N–H and O–H groups in total. The van der Waals surface area contributed by atoms with Gasteiger partial charge in [0.2, 0.25) is 5.91 Å². The number of nitrogens with zero attached hydrogens (tertiary/aromatic N) is 1. The van der Waals surface area contributed by atoms with Crippen LogP contribution < -0.4 is 4.74 Å². The van der Waals surface area contributed by atoms with Gasteiger partial charge in [0.25, 0.3) is 0 Å². The van der Waals surface area contributed by atoms with E-state index in [1.54, 1.807) is 24.1 Å². The molecule has 0 atom stereocenters. The molecule has 1 aromatic carbocycles. The predicted molar refractivity (Wildman–Crippen MR) is 82.7 cm³/mol. The zero-order valence-electron chi connectivity index (χ0n) is 13.3. The smallest absolute Gasteiger partial charge is 0.310 e. The van der Waals surface area contributed by atoms with Gasteiger partial charge < -0.3 is 14.7 Å². The van der Waals surface area contributed by atoms with Crippen LogP contribution in [-0.2, 0) is 9.59 Å². The van der Waals surface area contributed by atoms with E-state index in [-0.39, 0.29) is 18.1 Å². The van der Waals surface area contributed by atoms with Crippen LogP contribution in [0.3, 0.4) is 0 Å².